The molecule has 1 atom stereocenters. The number of aryl methyl sites for hydroxylation is 1. The van der Waals surface area contributed by atoms with E-state index in [1.807, 2.05) is 6.92 Å². The van der Waals surface area contributed by atoms with Gasteiger partial charge in [-0.15, -0.1) is 6.58 Å². The summed E-state index contributed by atoms with van der Waals surface area (Å²) in [6, 6.07) is 7.11. The molecule has 0 saturated carbocycles. The van der Waals surface area contributed by atoms with E-state index in [0.29, 0.717) is 4.31 Å². The van der Waals surface area contributed by atoms with Gasteiger partial charge in [-0.3, -0.25) is 0 Å². The normalized spacial score (nSPS) is 12.0. The molecule has 5 nitrogen and oxygen atoms in total. The fourth-order valence-electron chi connectivity index (χ4n) is 1.73. The van der Waals surface area contributed by atoms with Gasteiger partial charge in [0.05, 0.1) is 12.0 Å². The first-order valence-electron chi connectivity index (χ1n) is 6.14. The Balaban J connectivity index is 3.29. The number of methoxy groups -OCH3 is 1. The molecule has 6 heteroatoms. The van der Waals surface area contributed by atoms with Crippen LogP contribution < -0.4 is 0 Å². The highest BCUT2D eigenvalue weighted by atomic mass is 32.2. The molecule has 1 rings (SSSR count). The van der Waals surface area contributed by atoms with Crippen molar-refractivity contribution in [2.45, 2.75) is 24.3 Å². The predicted octanol–water partition coefficient (Wildman–Crippen LogP) is 1.69. The van der Waals surface area contributed by atoms with E-state index < -0.39 is 22.0 Å². The van der Waals surface area contributed by atoms with Crippen LogP contribution >= 0.6 is 0 Å². The molecule has 0 aliphatic carbocycles. The Bertz CT molecular complexity index is 656. The molecule has 0 radical (unpaired) electrons. The van der Waals surface area contributed by atoms with Crippen molar-refractivity contribution >= 4 is 16.0 Å². The molecule has 0 spiro atoms. The van der Waals surface area contributed by atoms with Gasteiger partial charge in [-0.25, -0.2) is 17.5 Å². The molecule has 1 aromatic rings. The fraction of sp³-hybridized carbons (Fsp3) is 0.267. The lowest BCUT2D eigenvalue weighted by Gasteiger charge is -2.24. The maximum Gasteiger partial charge on any atom is 0.330 e. The van der Waals surface area contributed by atoms with Crippen LogP contribution in [0.25, 0.3) is 0 Å². The average molecular weight is 307 g/mol. The molecule has 1 aromatic carbocycles. The van der Waals surface area contributed by atoms with Crippen LogP contribution in [0.1, 0.15) is 12.0 Å². The molecule has 21 heavy (non-hydrogen) atoms. The van der Waals surface area contributed by atoms with Gasteiger partial charge in [-0.05, 0) is 25.5 Å². The molecule has 0 fully saturated rings. The van der Waals surface area contributed by atoms with Crippen LogP contribution in [0.15, 0.2) is 41.8 Å². The first-order chi connectivity index (χ1) is 9.88. The van der Waals surface area contributed by atoms with Crippen molar-refractivity contribution in [3.05, 3.63) is 42.5 Å². The van der Waals surface area contributed by atoms with E-state index in [1.165, 1.54) is 25.3 Å². The van der Waals surface area contributed by atoms with Gasteiger partial charge in [-0.1, -0.05) is 30.2 Å². The minimum absolute atomic E-state index is 0.0176. The van der Waals surface area contributed by atoms with E-state index in [2.05, 4.69) is 17.4 Å². The van der Waals surface area contributed by atoms with Gasteiger partial charge in [-0.2, -0.15) is 0 Å². The van der Waals surface area contributed by atoms with Crippen molar-refractivity contribution in [2.24, 2.45) is 0 Å². The summed E-state index contributed by atoms with van der Waals surface area (Å²) in [5, 5.41) is 0. The van der Waals surface area contributed by atoms with E-state index in [0.717, 1.165) is 5.56 Å². The maximum absolute atomic E-state index is 12.6. The van der Waals surface area contributed by atoms with Gasteiger partial charge in [0.2, 0.25) is 0 Å². The molecule has 0 saturated heterocycles. The van der Waals surface area contributed by atoms with Crippen LogP contribution in [0.3, 0.4) is 0 Å². The summed E-state index contributed by atoms with van der Waals surface area (Å²) < 4.78 is 30.4. The monoisotopic (exact) mass is 307 g/mol. The molecular formula is C15H17NO4S. The number of carbonyl (C=O) groups is 1. The zero-order valence-electron chi connectivity index (χ0n) is 11.9. The molecule has 0 aliphatic heterocycles. The van der Waals surface area contributed by atoms with Crippen molar-refractivity contribution in [1.82, 2.24) is 4.31 Å². The van der Waals surface area contributed by atoms with Crippen molar-refractivity contribution in [2.75, 3.05) is 7.11 Å². The van der Waals surface area contributed by atoms with Crippen molar-refractivity contribution < 1.29 is 17.9 Å². The predicted molar refractivity (Wildman–Crippen MR) is 79.7 cm³/mol. The average Bonchev–Trinajstić information content (AvgIpc) is 2.46. The molecule has 0 aromatic heterocycles. The molecule has 0 unspecified atom stereocenters. The Morgan fingerprint density at radius 3 is 2.48 bits per heavy atom. The van der Waals surface area contributed by atoms with Crippen LogP contribution in [-0.2, 0) is 19.6 Å². The zero-order valence-corrected chi connectivity index (χ0v) is 12.8. The lowest BCUT2D eigenvalue weighted by atomic mass is 10.2. The minimum Gasteiger partial charge on any atom is -0.467 e. The first-order valence-corrected chi connectivity index (χ1v) is 7.58. The number of hydrogen-bond donors (Lipinski definition) is 0. The number of ether oxygens (including phenoxy) is 1. The van der Waals surface area contributed by atoms with Crippen molar-refractivity contribution in [1.29, 1.82) is 0 Å². The first kappa shape index (κ1) is 16.8. The number of rotatable bonds is 6. The molecular weight excluding hydrogens is 290 g/mol. The number of sulfonamides is 1. The second-order valence-corrected chi connectivity index (χ2v) is 6.12. The van der Waals surface area contributed by atoms with Crippen LogP contribution in [0.5, 0.6) is 0 Å². The summed E-state index contributed by atoms with van der Waals surface area (Å²) in [6.07, 6.45) is 6.78. The van der Waals surface area contributed by atoms with Crippen LogP contribution in [0.2, 0.25) is 0 Å². The highest BCUT2D eigenvalue weighted by molar-refractivity contribution is 7.89. The topological polar surface area (TPSA) is 63.7 Å². The summed E-state index contributed by atoms with van der Waals surface area (Å²) in [7, 11) is -2.82. The lowest BCUT2D eigenvalue weighted by molar-refractivity contribution is -0.144. The number of carbonyl (C=O) groups excluding carboxylic acids is 1. The molecule has 0 heterocycles. The molecule has 0 amide bonds. The maximum atomic E-state index is 12.6. The second-order valence-electron chi connectivity index (χ2n) is 4.31. The third kappa shape index (κ3) is 3.64. The number of nitrogens with zero attached hydrogens (tertiary/aromatic N) is 1. The Morgan fingerprint density at radius 2 is 2.05 bits per heavy atom. The second kappa shape index (κ2) is 6.95. The smallest absolute Gasteiger partial charge is 0.330 e. The van der Waals surface area contributed by atoms with Crippen LogP contribution in [0.4, 0.5) is 0 Å². The summed E-state index contributed by atoms with van der Waals surface area (Å²) in [6.45, 7) is 5.34. The lowest BCUT2D eigenvalue weighted by Crippen LogP contribution is -2.42. The van der Waals surface area contributed by atoms with Gasteiger partial charge < -0.3 is 4.74 Å². The SMILES string of the molecule is C#CN([C@@H](CC=C)C(=O)OC)S(=O)(=O)c1ccc(C)cc1. The van der Waals surface area contributed by atoms with Gasteiger partial charge in [0.1, 0.15) is 0 Å². The summed E-state index contributed by atoms with van der Waals surface area (Å²) in [5.41, 5.74) is 0.914. The van der Waals surface area contributed by atoms with Gasteiger partial charge in [0.15, 0.2) is 6.04 Å². The Hall–Kier alpha value is -2.26. The standard InChI is InChI=1S/C15H17NO4S/c1-5-7-14(15(17)20-4)16(6-2)21(18,19)13-10-8-12(3)9-11-13/h2,5,8-11,14H,1,7H2,3-4H3/t14-/m0/s1. The van der Waals surface area contributed by atoms with E-state index in [9.17, 15) is 13.2 Å². The molecule has 0 bridgehead atoms. The fourth-order valence-corrected chi connectivity index (χ4v) is 3.09. The number of benzene rings is 1. The zero-order chi connectivity index (χ0) is 16.0. The van der Waals surface area contributed by atoms with E-state index in [1.54, 1.807) is 12.1 Å². The summed E-state index contributed by atoms with van der Waals surface area (Å²) >= 11 is 0. The van der Waals surface area contributed by atoms with Crippen molar-refractivity contribution in [3.8, 4) is 12.5 Å². The third-order valence-corrected chi connectivity index (χ3v) is 4.60. The van der Waals surface area contributed by atoms with E-state index in [-0.39, 0.29) is 11.3 Å². The third-order valence-electron chi connectivity index (χ3n) is 2.85. The quantitative estimate of drug-likeness (QED) is 0.347. The van der Waals surface area contributed by atoms with Crippen LogP contribution in [-0.4, -0.2) is 31.8 Å². The minimum atomic E-state index is -4.00. The highest BCUT2D eigenvalue weighted by Crippen LogP contribution is 2.20. The Kier molecular flexibility index (Phi) is 5.56. The Labute approximate surface area is 125 Å². The number of esters is 1. The number of hydrogen-bond acceptors (Lipinski definition) is 4. The van der Waals surface area contributed by atoms with Crippen LogP contribution in [0, 0.1) is 19.4 Å². The van der Waals surface area contributed by atoms with Gasteiger partial charge in [0, 0.05) is 6.04 Å². The highest BCUT2D eigenvalue weighted by Gasteiger charge is 2.34. The summed E-state index contributed by atoms with van der Waals surface area (Å²) in [5.74, 6) is -0.733. The largest absolute Gasteiger partial charge is 0.467 e. The van der Waals surface area contributed by atoms with E-state index in [4.69, 9.17) is 6.42 Å². The Morgan fingerprint density at radius 1 is 1.48 bits per heavy atom. The molecule has 0 aliphatic rings. The molecule has 112 valence electrons. The van der Waals surface area contributed by atoms with E-state index >= 15 is 0 Å². The summed E-state index contributed by atoms with van der Waals surface area (Å²) in [4.78, 5) is 11.8. The van der Waals surface area contributed by atoms with Gasteiger partial charge >= 0.3 is 5.97 Å². The van der Waals surface area contributed by atoms with Crippen molar-refractivity contribution in [3.63, 3.8) is 0 Å². The van der Waals surface area contributed by atoms with Gasteiger partial charge in [0.25, 0.3) is 10.0 Å². The molecule has 0 N–H and O–H groups in total. The number of terminal acetylenes is 1.